The molecule has 0 spiro atoms. The van der Waals surface area contributed by atoms with Gasteiger partial charge < -0.3 is 0 Å². The van der Waals surface area contributed by atoms with E-state index in [0.717, 1.165) is 0 Å². The van der Waals surface area contributed by atoms with Gasteiger partial charge in [-0.1, -0.05) is 44.2 Å². The van der Waals surface area contributed by atoms with E-state index in [9.17, 15) is 4.39 Å². The fourth-order valence-corrected chi connectivity index (χ4v) is 0.481. The van der Waals surface area contributed by atoms with Crippen molar-refractivity contribution in [1.29, 1.82) is 0 Å². The van der Waals surface area contributed by atoms with Crippen LogP contribution in [0, 0.1) is 0 Å². The molecule has 2 heteroatoms. The van der Waals surface area contributed by atoms with Crippen LogP contribution in [0.3, 0.4) is 0 Å². The molecule has 0 radical (unpaired) electrons. The zero-order valence-electron chi connectivity index (χ0n) is 7.25. The van der Waals surface area contributed by atoms with Gasteiger partial charge in [-0.3, -0.25) is 0 Å². The van der Waals surface area contributed by atoms with Crippen molar-refractivity contribution < 1.29 is 4.39 Å². The predicted molar refractivity (Wildman–Crippen MR) is 50.3 cm³/mol. The number of hydrogen-bond donors (Lipinski definition) is 0. The predicted octanol–water partition coefficient (Wildman–Crippen LogP) is 4.19. The third-order valence-corrected chi connectivity index (χ3v) is 0.946. The van der Waals surface area contributed by atoms with Crippen molar-refractivity contribution in [3.05, 3.63) is 35.7 Å². The normalized spacial score (nSPS) is 9.73. The highest BCUT2D eigenvalue weighted by Gasteiger charge is 1.94. The summed E-state index contributed by atoms with van der Waals surface area (Å²) >= 11 is 5.34. The first kappa shape index (κ1) is 13.1. The van der Waals surface area contributed by atoms with Gasteiger partial charge in [0.1, 0.15) is 5.83 Å². The zero-order chi connectivity index (χ0) is 9.44. The van der Waals surface area contributed by atoms with Crippen LogP contribution < -0.4 is 0 Å². The van der Waals surface area contributed by atoms with Crippen molar-refractivity contribution in [1.82, 2.24) is 0 Å². The Morgan fingerprint density at radius 2 is 1.73 bits per heavy atom. The summed E-state index contributed by atoms with van der Waals surface area (Å²) in [6.07, 6.45) is 1.42. The molecule has 0 aliphatic carbocycles. The minimum atomic E-state index is -0.625. The third kappa shape index (κ3) is 9.44. The topological polar surface area (TPSA) is 0 Å². The fraction of sp³-hybridized carbons (Fsp3) is 0.333. The maximum Gasteiger partial charge on any atom is 0.134 e. The van der Waals surface area contributed by atoms with E-state index in [1.54, 1.807) is 6.92 Å². The lowest BCUT2D eigenvalue weighted by Gasteiger charge is -1.90. The average Bonchev–Trinajstić information content (AvgIpc) is 1.90. The fourth-order valence-electron chi connectivity index (χ4n) is 0.295. The second-order valence-corrected chi connectivity index (χ2v) is 2.15. The lowest BCUT2D eigenvalue weighted by molar-refractivity contribution is 0.666. The second kappa shape index (κ2) is 7.55. The van der Waals surface area contributed by atoms with Crippen molar-refractivity contribution in [2.75, 3.05) is 0 Å². The first-order chi connectivity index (χ1) is 5.04. The van der Waals surface area contributed by atoms with Gasteiger partial charge in [0.05, 0.1) is 5.03 Å². The molecule has 0 saturated carbocycles. The summed E-state index contributed by atoms with van der Waals surface area (Å²) in [6.45, 7) is 12.2. The van der Waals surface area contributed by atoms with Crippen molar-refractivity contribution in [2.45, 2.75) is 20.8 Å². The third-order valence-electron chi connectivity index (χ3n) is 0.632. The standard InChI is InChI=1S/C7H8ClF.C2H6/c1-5(2)4-7(8)6(3)9;1-2/h4H,1,3H2,2H3;1-2H3/b7-4+;. The molecule has 0 aliphatic rings. The van der Waals surface area contributed by atoms with Crippen molar-refractivity contribution in [2.24, 2.45) is 0 Å². The SMILES string of the molecule is C=C(C)/C=C(/Cl)C(=C)F.CC. The van der Waals surface area contributed by atoms with Gasteiger partial charge in [0.2, 0.25) is 0 Å². The van der Waals surface area contributed by atoms with Crippen LogP contribution in [0.15, 0.2) is 35.7 Å². The van der Waals surface area contributed by atoms with Gasteiger partial charge in [-0.15, -0.1) is 0 Å². The van der Waals surface area contributed by atoms with E-state index < -0.39 is 5.83 Å². The van der Waals surface area contributed by atoms with Gasteiger partial charge in [0.25, 0.3) is 0 Å². The first-order valence-electron chi connectivity index (χ1n) is 3.41. The van der Waals surface area contributed by atoms with Gasteiger partial charge in [0, 0.05) is 0 Å². The summed E-state index contributed by atoms with van der Waals surface area (Å²) in [5, 5.41) is 0.0162. The maximum absolute atomic E-state index is 12.0. The van der Waals surface area contributed by atoms with Gasteiger partial charge in [-0.05, 0) is 13.0 Å². The van der Waals surface area contributed by atoms with Crippen LogP contribution in [0.5, 0.6) is 0 Å². The summed E-state index contributed by atoms with van der Waals surface area (Å²) in [5.74, 6) is -0.625. The molecule has 0 aromatic carbocycles. The Morgan fingerprint density at radius 1 is 1.36 bits per heavy atom. The molecule has 0 amide bonds. The lowest BCUT2D eigenvalue weighted by atomic mass is 10.3. The van der Waals surface area contributed by atoms with Gasteiger partial charge in [-0.2, -0.15) is 0 Å². The summed E-state index contributed by atoms with van der Waals surface area (Å²) in [4.78, 5) is 0. The molecule has 0 N–H and O–H groups in total. The Balaban J connectivity index is 0. The summed E-state index contributed by atoms with van der Waals surface area (Å²) in [6, 6.07) is 0. The Kier molecular flexibility index (Phi) is 8.96. The Bertz CT molecular complexity index is 168. The quantitative estimate of drug-likeness (QED) is 0.554. The van der Waals surface area contributed by atoms with Crippen LogP contribution in [0.4, 0.5) is 4.39 Å². The highest BCUT2D eigenvalue weighted by atomic mass is 35.5. The molecular weight excluding hydrogens is 163 g/mol. The van der Waals surface area contributed by atoms with E-state index in [2.05, 4.69) is 13.2 Å². The average molecular weight is 177 g/mol. The van der Waals surface area contributed by atoms with Crippen LogP contribution >= 0.6 is 11.6 Å². The molecule has 0 nitrogen and oxygen atoms in total. The van der Waals surface area contributed by atoms with Crippen molar-refractivity contribution in [3.63, 3.8) is 0 Å². The molecule has 0 heterocycles. The highest BCUT2D eigenvalue weighted by Crippen LogP contribution is 2.14. The highest BCUT2D eigenvalue weighted by molar-refractivity contribution is 6.31. The molecule has 0 saturated heterocycles. The molecule has 0 unspecified atom stereocenters. The summed E-state index contributed by atoms with van der Waals surface area (Å²) < 4.78 is 12.0. The molecule has 0 rings (SSSR count). The number of allylic oxidation sites excluding steroid dienone is 4. The summed E-state index contributed by atoms with van der Waals surface area (Å²) in [5.41, 5.74) is 0.707. The molecule has 11 heavy (non-hydrogen) atoms. The number of rotatable bonds is 2. The monoisotopic (exact) mass is 176 g/mol. The maximum atomic E-state index is 12.0. The minimum absolute atomic E-state index is 0.0162. The smallest absolute Gasteiger partial charge is 0.134 e. The largest absolute Gasteiger partial charge is 0.206 e. The van der Waals surface area contributed by atoms with Gasteiger partial charge in [-0.25, -0.2) is 4.39 Å². The summed E-state index contributed by atoms with van der Waals surface area (Å²) in [7, 11) is 0. The minimum Gasteiger partial charge on any atom is -0.206 e. The Hall–Kier alpha value is -0.560. The van der Waals surface area contributed by atoms with E-state index in [-0.39, 0.29) is 5.03 Å². The van der Waals surface area contributed by atoms with E-state index >= 15 is 0 Å². The van der Waals surface area contributed by atoms with E-state index in [4.69, 9.17) is 11.6 Å². The Labute approximate surface area is 73.1 Å². The molecule has 0 aromatic heterocycles. The molecular formula is C9H14ClF. The van der Waals surface area contributed by atoms with Crippen LogP contribution in [-0.2, 0) is 0 Å². The van der Waals surface area contributed by atoms with E-state index in [0.29, 0.717) is 5.57 Å². The second-order valence-electron chi connectivity index (χ2n) is 1.74. The Morgan fingerprint density at radius 3 is 1.82 bits per heavy atom. The molecule has 0 aromatic rings. The van der Waals surface area contributed by atoms with Crippen LogP contribution in [0.25, 0.3) is 0 Å². The van der Waals surface area contributed by atoms with E-state index in [1.807, 2.05) is 13.8 Å². The lowest BCUT2D eigenvalue weighted by Crippen LogP contribution is -1.70. The van der Waals surface area contributed by atoms with Crippen LogP contribution in [0.1, 0.15) is 20.8 Å². The molecule has 0 aliphatic heterocycles. The number of hydrogen-bond acceptors (Lipinski definition) is 0. The zero-order valence-corrected chi connectivity index (χ0v) is 8.00. The first-order valence-corrected chi connectivity index (χ1v) is 3.79. The van der Waals surface area contributed by atoms with Gasteiger partial charge >= 0.3 is 0 Å². The molecule has 0 bridgehead atoms. The van der Waals surface area contributed by atoms with Crippen LogP contribution in [0.2, 0.25) is 0 Å². The molecule has 0 fully saturated rings. The molecule has 64 valence electrons. The van der Waals surface area contributed by atoms with Gasteiger partial charge in [0.15, 0.2) is 0 Å². The molecule has 0 atom stereocenters. The van der Waals surface area contributed by atoms with Crippen LogP contribution in [-0.4, -0.2) is 0 Å². The number of halogens is 2. The van der Waals surface area contributed by atoms with Crippen molar-refractivity contribution in [3.8, 4) is 0 Å². The van der Waals surface area contributed by atoms with E-state index in [1.165, 1.54) is 6.08 Å². The van der Waals surface area contributed by atoms with Crippen molar-refractivity contribution >= 4 is 11.6 Å².